The fraction of sp³-hybridized carbons (Fsp3) is 0.750. The Morgan fingerprint density at radius 1 is 1.30 bits per heavy atom. The van der Waals surface area contributed by atoms with Gasteiger partial charge in [0, 0.05) is 24.3 Å². The zero-order valence-electron chi connectivity index (χ0n) is 13.2. The van der Waals surface area contributed by atoms with Crippen molar-refractivity contribution in [3.8, 4) is 0 Å². The maximum atomic E-state index is 4.63. The molecular weight excluding hydrogens is 248 g/mol. The zero-order chi connectivity index (χ0) is 14.5. The van der Waals surface area contributed by atoms with Gasteiger partial charge in [0.25, 0.3) is 0 Å². The second kappa shape index (κ2) is 6.91. The summed E-state index contributed by atoms with van der Waals surface area (Å²) in [6.07, 6.45) is 6.90. The molecule has 112 valence electrons. The molecule has 1 aromatic rings. The third-order valence-corrected chi connectivity index (χ3v) is 4.53. The molecule has 0 aromatic carbocycles. The van der Waals surface area contributed by atoms with Crippen LogP contribution in [0.3, 0.4) is 0 Å². The number of hydrogen-bond donors (Lipinski definition) is 2. The van der Waals surface area contributed by atoms with Crippen LogP contribution >= 0.6 is 0 Å². The number of nitrogens with zero attached hydrogens (tertiary/aromatic N) is 2. The van der Waals surface area contributed by atoms with E-state index in [1.807, 2.05) is 6.20 Å². The number of hydrogen-bond acceptors (Lipinski definition) is 4. The molecule has 1 fully saturated rings. The largest absolute Gasteiger partial charge is 0.367 e. The van der Waals surface area contributed by atoms with E-state index in [-0.39, 0.29) is 0 Å². The Labute approximate surface area is 122 Å². The van der Waals surface area contributed by atoms with Gasteiger partial charge >= 0.3 is 0 Å². The SMILES string of the molecule is CCCNc1ncc(C)c(NC2CCCC(C)C2C)n1. The molecule has 2 rings (SSSR count). The molecule has 2 N–H and O–H groups in total. The second-order valence-electron chi connectivity index (χ2n) is 6.17. The van der Waals surface area contributed by atoms with Crippen LogP contribution in [0, 0.1) is 18.8 Å². The standard InChI is InChI=1S/C16H28N4/c1-5-9-17-16-18-10-12(3)15(20-16)19-14-8-6-7-11(2)13(14)4/h10-11,13-14H,5-9H2,1-4H3,(H2,17,18,19,20). The highest BCUT2D eigenvalue weighted by Crippen LogP contribution is 2.31. The van der Waals surface area contributed by atoms with Crippen molar-refractivity contribution < 1.29 is 0 Å². The predicted molar refractivity (Wildman–Crippen MR) is 85.1 cm³/mol. The summed E-state index contributed by atoms with van der Waals surface area (Å²) in [6, 6.07) is 0.534. The van der Waals surface area contributed by atoms with Crippen LogP contribution < -0.4 is 10.6 Å². The number of aryl methyl sites for hydroxylation is 1. The maximum Gasteiger partial charge on any atom is 0.224 e. The number of rotatable bonds is 5. The number of anilines is 2. The zero-order valence-corrected chi connectivity index (χ0v) is 13.2. The average Bonchev–Trinajstić information content (AvgIpc) is 2.44. The molecule has 0 amide bonds. The average molecular weight is 276 g/mol. The van der Waals surface area contributed by atoms with E-state index < -0.39 is 0 Å². The van der Waals surface area contributed by atoms with E-state index in [1.54, 1.807) is 0 Å². The molecule has 4 nitrogen and oxygen atoms in total. The molecule has 20 heavy (non-hydrogen) atoms. The maximum absolute atomic E-state index is 4.63. The normalized spacial score (nSPS) is 26.3. The lowest BCUT2D eigenvalue weighted by Crippen LogP contribution is -2.35. The van der Waals surface area contributed by atoms with E-state index in [1.165, 1.54) is 19.3 Å². The van der Waals surface area contributed by atoms with Gasteiger partial charge in [-0.15, -0.1) is 0 Å². The van der Waals surface area contributed by atoms with Crippen LogP contribution in [0.25, 0.3) is 0 Å². The summed E-state index contributed by atoms with van der Waals surface area (Å²) in [4.78, 5) is 8.97. The highest BCUT2D eigenvalue weighted by Gasteiger charge is 2.27. The van der Waals surface area contributed by atoms with Crippen molar-refractivity contribution >= 4 is 11.8 Å². The fourth-order valence-electron chi connectivity index (χ4n) is 2.87. The summed E-state index contributed by atoms with van der Waals surface area (Å²) in [5.41, 5.74) is 1.12. The Morgan fingerprint density at radius 2 is 2.10 bits per heavy atom. The summed E-state index contributed by atoms with van der Waals surface area (Å²) in [5, 5.41) is 6.91. The van der Waals surface area contributed by atoms with Gasteiger partial charge in [-0.25, -0.2) is 4.98 Å². The van der Waals surface area contributed by atoms with Crippen molar-refractivity contribution in [3.63, 3.8) is 0 Å². The molecule has 1 saturated carbocycles. The molecule has 3 atom stereocenters. The monoisotopic (exact) mass is 276 g/mol. The van der Waals surface area contributed by atoms with Gasteiger partial charge in [0.2, 0.25) is 5.95 Å². The number of nitrogens with one attached hydrogen (secondary N) is 2. The highest BCUT2D eigenvalue weighted by molar-refractivity contribution is 5.47. The molecule has 1 aromatic heterocycles. The lowest BCUT2D eigenvalue weighted by atomic mass is 9.78. The van der Waals surface area contributed by atoms with Gasteiger partial charge in [-0.05, 0) is 31.6 Å². The van der Waals surface area contributed by atoms with Gasteiger partial charge in [-0.2, -0.15) is 4.98 Å². The van der Waals surface area contributed by atoms with Gasteiger partial charge in [0.05, 0.1) is 0 Å². The van der Waals surface area contributed by atoms with Gasteiger partial charge < -0.3 is 10.6 Å². The van der Waals surface area contributed by atoms with Gasteiger partial charge in [-0.3, -0.25) is 0 Å². The molecule has 0 aliphatic heterocycles. The van der Waals surface area contributed by atoms with Crippen molar-refractivity contribution in [2.45, 2.75) is 59.4 Å². The first-order valence-electron chi connectivity index (χ1n) is 7.95. The molecule has 4 heteroatoms. The molecule has 0 spiro atoms. The topological polar surface area (TPSA) is 49.8 Å². The smallest absolute Gasteiger partial charge is 0.224 e. The van der Waals surface area contributed by atoms with Crippen molar-refractivity contribution in [2.24, 2.45) is 11.8 Å². The molecule has 0 radical (unpaired) electrons. The van der Waals surface area contributed by atoms with Crippen LogP contribution in [0.1, 0.15) is 52.0 Å². The molecule has 1 aliphatic rings. The van der Waals surface area contributed by atoms with E-state index in [9.17, 15) is 0 Å². The predicted octanol–water partition coefficient (Wildman–Crippen LogP) is 3.84. The van der Waals surface area contributed by atoms with Crippen molar-refractivity contribution in [1.82, 2.24) is 9.97 Å². The lowest BCUT2D eigenvalue weighted by molar-refractivity contribution is 0.253. The lowest BCUT2D eigenvalue weighted by Gasteiger charge is -2.35. The van der Waals surface area contributed by atoms with Crippen LogP contribution in [0.2, 0.25) is 0 Å². The van der Waals surface area contributed by atoms with E-state index in [0.29, 0.717) is 12.0 Å². The summed E-state index contributed by atoms with van der Waals surface area (Å²) in [5.74, 6) is 3.22. The highest BCUT2D eigenvalue weighted by atomic mass is 15.1. The van der Waals surface area contributed by atoms with Crippen molar-refractivity contribution in [1.29, 1.82) is 0 Å². The fourth-order valence-corrected chi connectivity index (χ4v) is 2.87. The Morgan fingerprint density at radius 3 is 2.85 bits per heavy atom. The molecule has 3 unspecified atom stereocenters. The number of aromatic nitrogens is 2. The van der Waals surface area contributed by atoms with Gasteiger partial charge in [0.15, 0.2) is 0 Å². The summed E-state index contributed by atoms with van der Waals surface area (Å²) >= 11 is 0. The minimum Gasteiger partial charge on any atom is -0.367 e. The molecule has 1 aliphatic carbocycles. The van der Waals surface area contributed by atoms with Crippen LogP contribution in [-0.4, -0.2) is 22.6 Å². The first-order valence-corrected chi connectivity index (χ1v) is 7.95. The quantitative estimate of drug-likeness (QED) is 0.858. The first kappa shape index (κ1) is 15.1. The van der Waals surface area contributed by atoms with Gasteiger partial charge in [-0.1, -0.05) is 33.6 Å². The van der Waals surface area contributed by atoms with E-state index in [4.69, 9.17) is 0 Å². The Bertz CT molecular complexity index is 432. The van der Waals surface area contributed by atoms with E-state index >= 15 is 0 Å². The Kier molecular flexibility index (Phi) is 5.21. The summed E-state index contributed by atoms with van der Waals surface area (Å²) in [6.45, 7) is 9.85. The molecule has 1 heterocycles. The van der Waals surface area contributed by atoms with Crippen molar-refractivity contribution in [2.75, 3.05) is 17.2 Å². The first-order chi connectivity index (χ1) is 9.61. The van der Waals surface area contributed by atoms with Crippen molar-refractivity contribution in [3.05, 3.63) is 11.8 Å². The van der Waals surface area contributed by atoms with Crippen LogP contribution in [-0.2, 0) is 0 Å². The molecule has 0 bridgehead atoms. The minimum atomic E-state index is 0.534. The van der Waals surface area contributed by atoms with E-state index in [0.717, 1.165) is 36.2 Å². The van der Waals surface area contributed by atoms with Crippen LogP contribution in [0.4, 0.5) is 11.8 Å². The molecular formula is C16H28N4. The Balaban J connectivity index is 2.07. The van der Waals surface area contributed by atoms with Gasteiger partial charge in [0.1, 0.15) is 5.82 Å². The van der Waals surface area contributed by atoms with E-state index in [2.05, 4.69) is 48.3 Å². The third-order valence-electron chi connectivity index (χ3n) is 4.53. The summed E-state index contributed by atoms with van der Waals surface area (Å²) in [7, 11) is 0. The second-order valence-corrected chi connectivity index (χ2v) is 6.17. The Hall–Kier alpha value is -1.32. The minimum absolute atomic E-state index is 0.534. The van der Waals surface area contributed by atoms with Crippen LogP contribution in [0.5, 0.6) is 0 Å². The van der Waals surface area contributed by atoms with Crippen LogP contribution in [0.15, 0.2) is 6.20 Å². The summed E-state index contributed by atoms with van der Waals surface area (Å²) < 4.78 is 0. The molecule has 0 saturated heterocycles. The third kappa shape index (κ3) is 3.62.